The highest BCUT2D eigenvalue weighted by molar-refractivity contribution is 5.74. The van der Waals surface area contributed by atoms with Gasteiger partial charge in [-0.3, -0.25) is 0 Å². The monoisotopic (exact) mass is 198 g/mol. The maximum absolute atomic E-state index is 10.7. The number of nitrogens with zero attached hydrogens (tertiary/aromatic N) is 2. The van der Waals surface area contributed by atoms with Gasteiger partial charge in [0.1, 0.15) is 0 Å². The van der Waals surface area contributed by atoms with Gasteiger partial charge in [-0.05, 0) is 0 Å². The van der Waals surface area contributed by atoms with E-state index in [1.165, 1.54) is 0 Å². The van der Waals surface area contributed by atoms with Gasteiger partial charge in [-0.25, -0.2) is 9.78 Å². The number of hydrogen-bond acceptors (Lipinski definition) is 3. The quantitative estimate of drug-likeness (QED) is 0.724. The first-order valence-electron chi connectivity index (χ1n) is 4.25. The molecule has 0 saturated heterocycles. The molecule has 5 nitrogen and oxygen atoms in total. The molecule has 0 fully saturated rings. The minimum absolute atomic E-state index is 0.687. The molecular weight excluding hydrogens is 184 g/mol. The maximum atomic E-state index is 10.7. The Morgan fingerprint density at radius 3 is 2.57 bits per heavy atom. The van der Waals surface area contributed by atoms with Crippen molar-refractivity contribution in [2.45, 2.75) is 25.4 Å². The summed E-state index contributed by atoms with van der Waals surface area (Å²) in [5.74, 6) is -1.23. The van der Waals surface area contributed by atoms with Gasteiger partial charge in [0.15, 0.2) is 6.10 Å². The third-order valence-electron chi connectivity index (χ3n) is 2.39. The van der Waals surface area contributed by atoms with E-state index in [1.54, 1.807) is 38.0 Å². The lowest BCUT2D eigenvalue weighted by Gasteiger charge is -2.27. The third-order valence-corrected chi connectivity index (χ3v) is 2.39. The van der Waals surface area contributed by atoms with Crippen molar-refractivity contribution < 1.29 is 15.0 Å². The van der Waals surface area contributed by atoms with E-state index in [2.05, 4.69) is 4.98 Å². The van der Waals surface area contributed by atoms with Crippen LogP contribution in [-0.4, -0.2) is 31.8 Å². The normalized spacial score (nSPS) is 14.0. The number of aromatic nitrogens is 2. The second-order valence-electron chi connectivity index (χ2n) is 3.85. The van der Waals surface area contributed by atoms with Gasteiger partial charge in [0.2, 0.25) is 0 Å². The summed E-state index contributed by atoms with van der Waals surface area (Å²) >= 11 is 0. The lowest BCUT2D eigenvalue weighted by Crippen LogP contribution is -2.41. The van der Waals surface area contributed by atoms with Crippen LogP contribution in [-0.2, 0) is 17.3 Å². The fraction of sp³-hybridized carbons (Fsp3) is 0.556. The Bertz CT molecular complexity index is 344. The summed E-state index contributed by atoms with van der Waals surface area (Å²) in [5, 5.41) is 18.2. The third kappa shape index (κ3) is 1.63. The Labute approximate surface area is 82.0 Å². The number of carboxylic acid groups (broad SMARTS) is 1. The van der Waals surface area contributed by atoms with Crippen molar-refractivity contribution in [1.29, 1.82) is 0 Å². The number of aryl methyl sites for hydroxylation is 1. The van der Waals surface area contributed by atoms with Crippen LogP contribution in [0, 0.1) is 0 Å². The Kier molecular flexibility index (Phi) is 2.62. The molecule has 0 saturated carbocycles. The second kappa shape index (κ2) is 3.42. The fourth-order valence-electron chi connectivity index (χ4n) is 1.43. The number of aliphatic hydroxyl groups excluding tert-OH is 1. The van der Waals surface area contributed by atoms with Crippen LogP contribution in [0.2, 0.25) is 0 Å². The summed E-state index contributed by atoms with van der Waals surface area (Å²) < 4.78 is 1.70. The topological polar surface area (TPSA) is 75.3 Å². The fourth-order valence-corrected chi connectivity index (χ4v) is 1.43. The van der Waals surface area contributed by atoms with Crippen LogP contribution >= 0.6 is 0 Å². The molecule has 1 aromatic rings. The van der Waals surface area contributed by atoms with Gasteiger partial charge in [-0.1, -0.05) is 13.8 Å². The molecule has 14 heavy (non-hydrogen) atoms. The number of aliphatic carboxylic acids is 1. The zero-order chi connectivity index (χ0) is 10.9. The summed E-state index contributed by atoms with van der Waals surface area (Å²) in [6, 6.07) is 0. The lowest BCUT2D eigenvalue weighted by molar-refractivity contribution is -0.150. The Balaban J connectivity index is 3.07. The van der Waals surface area contributed by atoms with Crippen LogP contribution in [0.4, 0.5) is 0 Å². The standard InChI is InChI=1S/C9H14N2O3/c1-9(2,7(12)8(13)14)6-4-10-5-11(6)3/h4-5,7,12H,1-3H3,(H,13,14). The molecule has 5 heteroatoms. The molecule has 0 amide bonds. The van der Waals surface area contributed by atoms with Crippen LogP contribution in [0.25, 0.3) is 0 Å². The van der Waals surface area contributed by atoms with E-state index in [0.717, 1.165) is 0 Å². The van der Waals surface area contributed by atoms with Gasteiger partial charge in [0.05, 0.1) is 6.33 Å². The van der Waals surface area contributed by atoms with Crippen LogP contribution < -0.4 is 0 Å². The predicted molar refractivity (Wildman–Crippen MR) is 49.9 cm³/mol. The largest absolute Gasteiger partial charge is 0.479 e. The number of carboxylic acids is 1. The van der Waals surface area contributed by atoms with E-state index in [1.807, 2.05) is 0 Å². The molecule has 1 heterocycles. The average Bonchev–Trinajstić information content (AvgIpc) is 2.50. The van der Waals surface area contributed by atoms with Gasteiger partial charge in [-0.15, -0.1) is 0 Å². The van der Waals surface area contributed by atoms with Crippen molar-refractivity contribution in [3.8, 4) is 0 Å². The van der Waals surface area contributed by atoms with Crippen LogP contribution in [0.5, 0.6) is 0 Å². The molecule has 1 atom stereocenters. The first-order chi connectivity index (χ1) is 6.37. The Morgan fingerprint density at radius 1 is 1.64 bits per heavy atom. The molecule has 78 valence electrons. The molecule has 1 aromatic heterocycles. The van der Waals surface area contributed by atoms with Gasteiger partial charge >= 0.3 is 5.97 Å². The highest BCUT2D eigenvalue weighted by Gasteiger charge is 2.37. The van der Waals surface area contributed by atoms with Crippen molar-refractivity contribution in [2.75, 3.05) is 0 Å². The van der Waals surface area contributed by atoms with Crippen molar-refractivity contribution in [3.05, 3.63) is 18.2 Å². The van der Waals surface area contributed by atoms with Crippen LogP contribution in [0.3, 0.4) is 0 Å². The van der Waals surface area contributed by atoms with Crippen LogP contribution in [0.15, 0.2) is 12.5 Å². The molecule has 0 spiro atoms. The maximum Gasteiger partial charge on any atom is 0.333 e. The molecule has 0 aliphatic rings. The number of imidazole rings is 1. The molecule has 2 N–H and O–H groups in total. The zero-order valence-corrected chi connectivity index (χ0v) is 8.43. The average molecular weight is 198 g/mol. The van der Waals surface area contributed by atoms with Gasteiger partial charge < -0.3 is 14.8 Å². The summed E-state index contributed by atoms with van der Waals surface area (Å²) in [7, 11) is 1.76. The summed E-state index contributed by atoms with van der Waals surface area (Å²) in [5.41, 5.74) is -0.163. The summed E-state index contributed by atoms with van der Waals surface area (Å²) in [4.78, 5) is 14.6. The van der Waals surface area contributed by atoms with Crippen molar-refractivity contribution in [3.63, 3.8) is 0 Å². The molecular formula is C9H14N2O3. The Morgan fingerprint density at radius 2 is 2.21 bits per heavy atom. The van der Waals surface area contributed by atoms with E-state index in [-0.39, 0.29) is 0 Å². The van der Waals surface area contributed by atoms with Gasteiger partial charge in [-0.2, -0.15) is 0 Å². The van der Waals surface area contributed by atoms with Crippen molar-refractivity contribution in [2.24, 2.45) is 7.05 Å². The number of carbonyl (C=O) groups is 1. The smallest absolute Gasteiger partial charge is 0.333 e. The molecule has 1 rings (SSSR count). The van der Waals surface area contributed by atoms with Crippen LogP contribution in [0.1, 0.15) is 19.5 Å². The molecule has 0 aliphatic carbocycles. The summed E-state index contributed by atoms with van der Waals surface area (Å²) in [6.45, 7) is 3.34. The molecule has 0 bridgehead atoms. The highest BCUT2D eigenvalue weighted by Crippen LogP contribution is 2.26. The predicted octanol–water partition coefficient (Wildman–Crippen LogP) is 0.143. The number of aliphatic hydroxyl groups is 1. The van der Waals surface area contributed by atoms with E-state index in [9.17, 15) is 9.90 Å². The SMILES string of the molecule is Cn1cncc1C(C)(C)C(O)C(=O)O. The first kappa shape index (κ1) is 10.7. The lowest BCUT2D eigenvalue weighted by atomic mass is 9.83. The number of hydrogen-bond donors (Lipinski definition) is 2. The first-order valence-corrected chi connectivity index (χ1v) is 4.25. The minimum Gasteiger partial charge on any atom is -0.479 e. The minimum atomic E-state index is -1.43. The van der Waals surface area contributed by atoms with Gasteiger partial charge in [0, 0.05) is 24.4 Å². The van der Waals surface area contributed by atoms with Gasteiger partial charge in [0.25, 0.3) is 0 Å². The Hall–Kier alpha value is -1.36. The van der Waals surface area contributed by atoms with Crippen molar-refractivity contribution in [1.82, 2.24) is 9.55 Å². The van der Waals surface area contributed by atoms with E-state index in [0.29, 0.717) is 5.69 Å². The van der Waals surface area contributed by atoms with E-state index in [4.69, 9.17) is 5.11 Å². The van der Waals surface area contributed by atoms with E-state index < -0.39 is 17.5 Å². The zero-order valence-electron chi connectivity index (χ0n) is 8.43. The molecule has 0 aliphatic heterocycles. The molecule has 0 aromatic carbocycles. The van der Waals surface area contributed by atoms with Crippen molar-refractivity contribution >= 4 is 5.97 Å². The molecule has 0 radical (unpaired) electrons. The second-order valence-corrected chi connectivity index (χ2v) is 3.85. The highest BCUT2D eigenvalue weighted by atomic mass is 16.4. The number of rotatable bonds is 3. The van der Waals surface area contributed by atoms with E-state index >= 15 is 0 Å². The summed E-state index contributed by atoms with van der Waals surface area (Å²) in [6.07, 6.45) is 1.70. The molecule has 1 unspecified atom stereocenters.